The molecule has 2 amide bonds. The molecule has 5 rings (SSSR count). The molecular weight excluding hydrogens is 400 g/mol. The normalized spacial score (nSPS) is 12.5. The number of nitrogens with one attached hydrogen (secondary N) is 1. The Bertz CT molecular complexity index is 1290. The highest BCUT2D eigenvalue weighted by molar-refractivity contribution is 6.08. The molecule has 0 fully saturated rings. The van der Waals surface area contributed by atoms with E-state index in [1.807, 2.05) is 48.4 Å². The summed E-state index contributed by atoms with van der Waals surface area (Å²) < 4.78 is 1.77. The number of fused-ring (bicyclic) bond motifs is 1. The van der Waals surface area contributed by atoms with Crippen molar-refractivity contribution in [2.45, 2.75) is 13.3 Å². The standard InChI is InChI=1S/C26H22N4O2/c1-18-16-27-30(17-18)23-12-8-20(9-13-23)25(31)28-22-10-6-21(7-11-22)26(32)29-15-14-19-4-2-3-5-24(19)29/h2-13,16-17H,14-15H2,1H3,(H,28,31). The van der Waals surface area contributed by atoms with Crippen LogP contribution in [-0.2, 0) is 6.42 Å². The van der Waals surface area contributed by atoms with Gasteiger partial charge in [0, 0.05) is 35.2 Å². The molecule has 1 aliphatic rings. The lowest BCUT2D eigenvalue weighted by Gasteiger charge is -2.17. The first-order valence-corrected chi connectivity index (χ1v) is 10.5. The number of nitrogens with zero attached hydrogens (tertiary/aromatic N) is 3. The highest BCUT2D eigenvalue weighted by Crippen LogP contribution is 2.29. The molecule has 0 bridgehead atoms. The van der Waals surface area contributed by atoms with Crippen LogP contribution in [0.5, 0.6) is 0 Å². The molecule has 1 aliphatic heterocycles. The number of anilines is 2. The van der Waals surface area contributed by atoms with Crippen molar-refractivity contribution in [3.8, 4) is 5.69 Å². The van der Waals surface area contributed by atoms with Gasteiger partial charge in [-0.05, 0) is 79.1 Å². The molecule has 1 aromatic heterocycles. The number of carbonyl (C=O) groups excluding carboxylic acids is 2. The van der Waals surface area contributed by atoms with Gasteiger partial charge in [-0.25, -0.2) is 4.68 Å². The predicted molar refractivity (Wildman–Crippen MR) is 125 cm³/mol. The lowest BCUT2D eigenvalue weighted by molar-refractivity contribution is 0.0988. The fourth-order valence-electron chi connectivity index (χ4n) is 3.92. The van der Waals surface area contributed by atoms with Gasteiger partial charge in [0.25, 0.3) is 11.8 Å². The van der Waals surface area contributed by atoms with Gasteiger partial charge in [-0.3, -0.25) is 9.59 Å². The van der Waals surface area contributed by atoms with Crippen LogP contribution in [0.25, 0.3) is 5.69 Å². The smallest absolute Gasteiger partial charge is 0.258 e. The van der Waals surface area contributed by atoms with Crippen molar-refractivity contribution in [3.63, 3.8) is 0 Å². The first kappa shape index (κ1) is 19.8. The van der Waals surface area contributed by atoms with E-state index in [1.165, 1.54) is 5.56 Å². The van der Waals surface area contributed by atoms with Crippen molar-refractivity contribution in [2.24, 2.45) is 0 Å². The summed E-state index contributed by atoms with van der Waals surface area (Å²) in [5.74, 6) is -0.238. The van der Waals surface area contributed by atoms with Crippen LogP contribution in [0.15, 0.2) is 85.2 Å². The molecule has 2 heterocycles. The molecule has 0 aliphatic carbocycles. The van der Waals surface area contributed by atoms with E-state index in [9.17, 15) is 9.59 Å². The molecule has 0 saturated carbocycles. The average molecular weight is 422 g/mol. The maximum absolute atomic E-state index is 12.9. The molecule has 0 atom stereocenters. The van der Waals surface area contributed by atoms with Crippen LogP contribution >= 0.6 is 0 Å². The van der Waals surface area contributed by atoms with Gasteiger partial charge in [0.2, 0.25) is 0 Å². The second-order valence-corrected chi connectivity index (χ2v) is 7.88. The summed E-state index contributed by atoms with van der Waals surface area (Å²) in [5.41, 5.74) is 5.91. The average Bonchev–Trinajstić information content (AvgIpc) is 3.45. The van der Waals surface area contributed by atoms with Gasteiger partial charge in [0.1, 0.15) is 0 Å². The van der Waals surface area contributed by atoms with Crippen LogP contribution < -0.4 is 10.2 Å². The molecule has 6 heteroatoms. The molecule has 1 N–H and O–H groups in total. The molecule has 158 valence electrons. The van der Waals surface area contributed by atoms with Crippen molar-refractivity contribution < 1.29 is 9.59 Å². The van der Waals surface area contributed by atoms with Gasteiger partial charge in [0.15, 0.2) is 0 Å². The highest BCUT2D eigenvalue weighted by atomic mass is 16.2. The molecule has 0 spiro atoms. The molecule has 0 saturated heterocycles. The molecule has 0 unspecified atom stereocenters. The lowest BCUT2D eigenvalue weighted by atomic mass is 10.1. The molecule has 32 heavy (non-hydrogen) atoms. The molecule has 4 aromatic rings. The maximum Gasteiger partial charge on any atom is 0.258 e. The number of hydrogen-bond donors (Lipinski definition) is 1. The summed E-state index contributed by atoms with van der Waals surface area (Å²) >= 11 is 0. The van der Waals surface area contributed by atoms with Crippen molar-refractivity contribution in [1.29, 1.82) is 0 Å². The first-order chi connectivity index (χ1) is 15.6. The largest absolute Gasteiger partial charge is 0.322 e. The van der Waals surface area contributed by atoms with Crippen LogP contribution in [0, 0.1) is 6.92 Å². The number of rotatable bonds is 4. The minimum absolute atomic E-state index is 0.0303. The number of amides is 2. The van der Waals surface area contributed by atoms with Crippen molar-refractivity contribution in [1.82, 2.24) is 9.78 Å². The summed E-state index contributed by atoms with van der Waals surface area (Å²) in [5, 5.41) is 7.16. The molecule has 6 nitrogen and oxygen atoms in total. The third-order valence-electron chi connectivity index (χ3n) is 5.63. The molecule has 0 radical (unpaired) electrons. The number of aromatic nitrogens is 2. The van der Waals surface area contributed by atoms with E-state index in [0.29, 0.717) is 23.4 Å². The van der Waals surface area contributed by atoms with Gasteiger partial charge in [-0.1, -0.05) is 18.2 Å². The Hall–Kier alpha value is -4.19. The number of benzene rings is 3. The van der Waals surface area contributed by atoms with E-state index in [2.05, 4.69) is 16.5 Å². The number of hydrogen-bond acceptors (Lipinski definition) is 3. The van der Waals surface area contributed by atoms with E-state index in [4.69, 9.17) is 0 Å². The van der Waals surface area contributed by atoms with Crippen LogP contribution in [0.2, 0.25) is 0 Å². The van der Waals surface area contributed by atoms with Crippen molar-refractivity contribution >= 4 is 23.2 Å². The SMILES string of the molecule is Cc1cnn(-c2ccc(C(=O)Nc3ccc(C(=O)N4CCc5ccccc54)cc3)cc2)c1. The number of para-hydroxylation sites is 1. The topological polar surface area (TPSA) is 67.2 Å². The number of carbonyl (C=O) groups is 2. The Labute approximate surface area is 186 Å². The predicted octanol–water partition coefficient (Wildman–Crippen LogP) is 4.64. The minimum atomic E-state index is -0.208. The van der Waals surface area contributed by atoms with Gasteiger partial charge >= 0.3 is 0 Å². The Kier molecular flexibility index (Phi) is 5.03. The van der Waals surface area contributed by atoms with Crippen LogP contribution in [0.1, 0.15) is 31.8 Å². The van der Waals surface area contributed by atoms with Crippen LogP contribution in [0.3, 0.4) is 0 Å². The summed E-state index contributed by atoms with van der Waals surface area (Å²) in [7, 11) is 0. The third-order valence-corrected chi connectivity index (χ3v) is 5.63. The number of aryl methyl sites for hydroxylation is 1. The zero-order valence-corrected chi connectivity index (χ0v) is 17.7. The fraction of sp³-hybridized carbons (Fsp3) is 0.115. The first-order valence-electron chi connectivity index (χ1n) is 10.5. The van der Waals surface area contributed by atoms with E-state index in [0.717, 1.165) is 23.4 Å². The zero-order valence-electron chi connectivity index (χ0n) is 17.7. The molecular formula is C26H22N4O2. The Morgan fingerprint density at radius 3 is 2.34 bits per heavy atom. The maximum atomic E-state index is 12.9. The monoisotopic (exact) mass is 422 g/mol. The Balaban J connectivity index is 1.26. The minimum Gasteiger partial charge on any atom is -0.322 e. The second kappa shape index (κ2) is 8.15. The van der Waals surface area contributed by atoms with Gasteiger partial charge < -0.3 is 10.2 Å². The Morgan fingerprint density at radius 2 is 1.62 bits per heavy atom. The third kappa shape index (κ3) is 3.78. The van der Waals surface area contributed by atoms with Gasteiger partial charge in [0.05, 0.1) is 11.9 Å². The van der Waals surface area contributed by atoms with Crippen LogP contribution in [0.4, 0.5) is 11.4 Å². The second-order valence-electron chi connectivity index (χ2n) is 7.88. The van der Waals surface area contributed by atoms with E-state index in [-0.39, 0.29) is 11.8 Å². The lowest BCUT2D eigenvalue weighted by Crippen LogP contribution is -2.28. The summed E-state index contributed by atoms with van der Waals surface area (Å²) in [6.45, 7) is 2.67. The summed E-state index contributed by atoms with van der Waals surface area (Å²) in [6.07, 6.45) is 4.59. The highest BCUT2D eigenvalue weighted by Gasteiger charge is 2.25. The van der Waals surface area contributed by atoms with Crippen molar-refractivity contribution in [3.05, 3.63) is 107 Å². The van der Waals surface area contributed by atoms with E-state index >= 15 is 0 Å². The van der Waals surface area contributed by atoms with Gasteiger partial charge in [-0.2, -0.15) is 5.10 Å². The summed E-state index contributed by atoms with van der Waals surface area (Å²) in [6, 6.07) is 22.3. The van der Waals surface area contributed by atoms with Crippen LogP contribution in [-0.4, -0.2) is 28.1 Å². The molecule has 3 aromatic carbocycles. The Morgan fingerprint density at radius 1 is 0.906 bits per heavy atom. The zero-order chi connectivity index (χ0) is 22.1. The van der Waals surface area contributed by atoms with E-state index < -0.39 is 0 Å². The fourth-order valence-corrected chi connectivity index (χ4v) is 3.92. The van der Waals surface area contributed by atoms with E-state index in [1.54, 1.807) is 47.3 Å². The van der Waals surface area contributed by atoms with Crippen molar-refractivity contribution in [2.75, 3.05) is 16.8 Å². The van der Waals surface area contributed by atoms with Gasteiger partial charge in [-0.15, -0.1) is 0 Å². The quantitative estimate of drug-likeness (QED) is 0.521. The summed E-state index contributed by atoms with van der Waals surface area (Å²) in [4.78, 5) is 27.4.